The number of nitrogens with one attached hydrogen (secondary N) is 2. The molecule has 2 aromatic rings. The van der Waals surface area contributed by atoms with Crippen molar-refractivity contribution in [3.63, 3.8) is 0 Å². The van der Waals surface area contributed by atoms with Crippen molar-refractivity contribution in [3.05, 3.63) is 47.9 Å². The molecule has 7 nitrogen and oxygen atoms in total. The smallest absolute Gasteiger partial charge is 0.320 e. The molecule has 30 heavy (non-hydrogen) atoms. The van der Waals surface area contributed by atoms with Crippen molar-refractivity contribution in [1.82, 2.24) is 20.1 Å². The monoisotopic (exact) mass is 414 g/mol. The number of hydrogen-bond donors (Lipinski definition) is 3. The molecule has 3 heterocycles. The molecule has 4 rings (SSSR count). The highest BCUT2D eigenvalue weighted by Gasteiger charge is 2.32. The average molecular weight is 414 g/mol. The van der Waals surface area contributed by atoms with Crippen molar-refractivity contribution < 1.29 is 19.1 Å². The number of carbonyl (C=O) groups excluding carboxylic acids is 2. The summed E-state index contributed by atoms with van der Waals surface area (Å²) in [4.78, 5) is 31.3. The highest BCUT2D eigenvalue weighted by Crippen LogP contribution is 2.33. The van der Waals surface area contributed by atoms with Crippen LogP contribution in [0.5, 0.6) is 0 Å². The third kappa shape index (κ3) is 4.05. The minimum Gasteiger partial charge on any atom is -0.387 e. The Bertz CT molecular complexity index is 964. The normalized spacial score (nSPS) is 20.6. The van der Waals surface area contributed by atoms with Gasteiger partial charge in [0.15, 0.2) is 0 Å². The second kappa shape index (κ2) is 8.47. The molecule has 3 amide bonds. The molecule has 8 heteroatoms. The number of halogens is 1. The van der Waals surface area contributed by atoms with Crippen LogP contribution in [0.4, 0.5) is 9.18 Å². The first-order valence-corrected chi connectivity index (χ1v) is 10.3. The fourth-order valence-corrected chi connectivity index (χ4v) is 4.50. The Morgan fingerprint density at radius 2 is 2.00 bits per heavy atom. The Balaban J connectivity index is 1.37. The third-order valence-corrected chi connectivity index (χ3v) is 6.23. The summed E-state index contributed by atoms with van der Waals surface area (Å²) in [6.45, 7) is 5.67. The maximum absolute atomic E-state index is 13.4. The van der Waals surface area contributed by atoms with Gasteiger partial charge in [-0.3, -0.25) is 4.79 Å². The Labute approximate surface area is 174 Å². The van der Waals surface area contributed by atoms with E-state index in [1.165, 1.54) is 17.7 Å². The lowest BCUT2D eigenvalue weighted by molar-refractivity contribution is -0.124. The van der Waals surface area contributed by atoms with Crippen LogP contribution in [0.25, 0.3) is 10.9 Å². The van der Waals surface area contributed by atoms with E-state index in [9.17, 15) is 14.0 Å². The summed E-state index contributed by atoms with van der Waals surface area (Å²) in [5.41, 5.74) is 2.85. The number of aromatic nitrogens is 1. The highest BCUT2D eigenvalue weighted by molar-refractivity contribution is 5.84. The van der Waals surface area contributed by atoms with Gasteiger partial charge in [-0.05, 0) is 48.9 Å². The van der Waals surface area contributed by atoms with E-state index in [-0.39, 0.29) is 17.9 Å². The summed E-state index contributed by atoms with van der Waals surface area (Å²) in [6.07, 6.45) is 4.28. The molecule has 1 atom stereocenters. The van der Waals surface area contributed by atoms with E-state index in [0.717, 1.165) is 29.3 Å². The van der Waals surface area contributed by atoms with Crippen LogP contribution in [0.1, 0.15) is 30.7 Å². The minimum absolute atomic E-state index is 0.0230. The molecule has 0 bridgehead atoms. The highest BCUT2D eigenvalue weighted by atomic mass is 19.1. The van der Waals surface area contributed by atoms with E-state index in [1.807, 2.05) is 17.2 Å². The first kappa shape index (κ1) is 20.4. The van der Waals surface area contributed by atoms with E-state index in [2.05, 4.69) is 16.9 Å². The lowest BCUT2D eigenvalue weighted by atomic mass is 9.89. The number of H-pyrrole nitrogens is 1. The standard InChI is InChI=1S/C22H27FN4O3/c1-14-4-7-27(12-20(14)25-21(29)13-28)22(30)26-8-5-15(6-9-26)18-11-24-19-10-16(23)2-3-17(18)19/h2-3,10-11,15,20,24,28H,1,4-9,12-13H2,(H,25,29)/t20-/m1/s1. The third-order valence-electron chi connectivity index (χ3n) is 6.23. The van der Waals surface area contributed by atoms with Gasteiger partial charge in [-0.1, -0.05) is 12.2 Å². The number of rotatable bonds is 3. The van der Waals surface area contributed by atoms with Crippen molar-refractivity contribution in [2.24, 2.45) is 0 Å². The quantitative estimate of drug-likeness (QED) is 0.674. The summed E-state index contributed by atoms with van der Waals surface area (Å²) in [6, 6.07) is 4.45. The van der Waals surface area contributed by atoms with Crippen molar-refractivity contribution in [3.8, 4) is 0 Å². The van der Waals surface area contributed by atoms with Crippen LogP contribution in [-0.4, -0.2) is 70.7 Å². The Morgan fingerprint density at radius 3 is 2.73 bits per heavy atom. The number of urea groups is 1. The van der Waals surface area contributed by atoms with Gasteiger partial charge in [0.25, 0.3) is 0 Å². The lowest BCUT2D eigenvalue weighted by Crippen LogP contribution is -2.55. The summed E-state index contributed by atoms with van der Waals surface area (Å²) < 4.78 is 13.4. The minimum atomic E-state index is -0.578. The van der Waals surface area contributed by atoms with E-state index < -0.39 is 12.5 Å². The first-order valence-electron chi connectivity index (χ1n) is 10.3. The molecule has 2 aliphatic rings. The molecule has 0 radical (unpaired) electrons. The number of fused-ring (bicyclic) bond motifs is 1. The Kier molecular flexibility index (Phi) is 5.76. The van der Waals surface area contributed by atoms with Crippen molar-refractivity contribution in [1.29, 1.82) is 0 Å². The summed E-state index contributed by atoms with van der Waals surface area (Å²) in [5, 5.41) is 12.7. The SMILES string of the molecule is C=C1CCN(C(=O)N2CCC(c3c[nH]c4cc(F)ccc34)CC2)C[C@H]1NC(=O)CO. The van der Waals surface area contributed by atoms with Gasteiger partial charge in [0.1, 0.15) is 12.4 Å². The summed E-state index contributed by atoms with van der Waals surface area (Å²) in [5.74, 6) is -0.394. The number of aliphatic hydroxyl groups excluding tert-OH is 1. The van der Waals surface area contributed by atoms with Crippen molar-refractivity contribution >= 4 is 22.8 Å². The topological polar surface area (TPSA) is 88.7 Å². The Hall–Kier alpha value is -2.87. The molecule has 0 saturated carbocycles. The van der Waals surface area contributed by atoms with Gasteiger partial charge in [0, 0.05) is 43.3 Å². The molecular formula is C22H27FN4O3. The number of carbonyl (C=O) groups is 2. The van der Waals surface area contributed by atoms with Gasteiger partial charge >= 0.3 is 6.03 Å². The van der Waals surface area contributed by atoms with Crippen LogP contribution in [0.3, 0.4) is 0 Å². The van der Waals surface area contributed by atoms with Gasteiger partial charge < -0.3 is 25.2 Å². The molecular weight excluding hydrogens is 387 g/mol. The van der Waals surface area contributed by atoms with E-state index in [1.54, 1.807) is 4.90 Å². The molecule has 0 spiro atoms. The largest absolute Gasteiger partial charge is 0.387 e. The number of benzene rings is 1. The maximum atomic E-state index is 13.4. The molecule has 1 aromatic carbocycles. The number of nitrogens with zero attached hydrogens (tertiary/aromatic N) is 2. The second-order valence-corrected chi connectivity index (χ2v) is 8.11. The fraction of sp³-hybridized carbons (Fsp3) is 0.455. The average Bonchev–Trinajstić information content (AvgIpc) is 3.17. The molecule has 0 unspecified atom stereocenters. The molecule has 2 saturated heterocycles. The number of piperidine rings is 2. The lowest BCUT2D eigenvalue weighted by Gasteiger charge is -2.40. The summed E-state index contributed by atoms with van der Waals surface area (Å²) >= 11 is 0. The fourth-order valence-electron chi connectivity index (χ4n) is 4.50. The molecule has 2 aliphatic heterocycles. The molecule has 2 fully saturated rings. The summed E-state index contributed by atoms with van der Waals surface area (Å²) in [7, 11) is 0. The van der Waals surface area contributed by atoms with Gasteiger partial charge in [-0.25, -0.2) is 9.18 Å². The van der Waals surface area contributed by atoms with E-state index in [4.69, 9.17) is 5.11 Å². The van der Waals surface area contributed by atoms with Crippen LogP contribution >= 0.6 is 0 Å². The van der Waals surface area contributed by atoms with E-state index >= 15 is 0 Å². The molecule has 3 N–H and O–H groups in total. The van der Waals surface area contributed by atoms with Crippen LogP contribution in [0.2, 0.25) is 0 Å². The second-order valence-electron chi connectivity index (χ2n) is 8.11. The predicted molar refractivity (Wildman–Crippen MR) is 112 cm³/mol. The van der Waals surface area contributed by atoms with E-state index in [0.29, 0.717) is 38.5 Å². The number of likely N-dealkylation sites (tertiary alicyclic amines) is 2. The van der Waals surface area contributed by atoms with Crippen molar-refractivity contribution in [2.75, 3.05) is 32.8 Å². The van der Waals surface area contributed by atoms with Crippen LogP contribution in [0.15, 0.2) is 36.5 Å². The number of aliphatic hydroxyl groups is 1. The van der Waals surface area contributed by atoms with Gasteiger partial charge in [0.2, 0.25) is 5.91 Å². The zero-order valence-corrected chi connectivity index (χ0v) is 16.9. The zero-order valence-electron chi connectivity index (χ0n) is 16.9. The van der Waals surface area contributed by atoms with Crippen molar-refractivity contribution in [2.45, 2.75) is 31.2 Å². The van der Waals surface area contributed by atoms with Gasteiger partial charge in [0.05, 0.1) is 6.04 Å². The molecule has 160 valence electrons. The predicted octanol–water partition coefficient (Wildman–Crippen LogP) is 2.35. The zero-order chi connectivity index (χ0) is 21.3. The van der Waals surface area contributed by atoms with Gasteiger partial charge in [-0.15, -0.1) is 0 Å². The maximum Gasteiger partial charge on any atom is 0.320 e. The molecule has 0 aliphatic carbocycles. The van der Waals surface area contributed by atoms with Crippen LogP contribution in [0, 0.1) is 5.82 Å². The Morgan fingerprint density at radius 1 is 1.23 bits per heavy atom. The van der Waals surface area contributed by atoms with Crippen LogP contribution in [-0.2, 0) is 4.79 Å². The number of amides is 3. The molecule has 1 aromatic heterocycles. The number of aromatic amines is 1. The number of hydrogen-bond acceptors (Lipinski definition) is 3. The first-order chi connectivity index (χ1) is 14.5. The van der Waals surface area contributed by atoms with Crippen LogP contribution < -0.4 is 5.32 Å². The van der Waals surface area contributed by atoms with Gasteiger partial charge in [-0.2, -0.15) is 0 Å².